The first-order valence-corrected chi connectivity index (χ1v) is 11.8. The maximum Gasteiger partial charge on any atom is 0.240 e. The van der Waals surface area contributed by atoms with Crippen LogP contribution in [0.15, 0.2) is 41.6 Å². The second-order valence-electron chi connectivity index (χ2n) is 7.89. The Morgan fingerprint density at radius 2 is 1.97 bits per heavy atom. The summed E-state index contributed by atoms with van der Waals surface area (Å²) in [4.78, 5) is 13.4. The normalized spacial score (nSPS) is 17.4. The van der Waals surface area contributed by atoms with Crippen LogP contribution in [0.25, 0.3) is 0 Å². The largest absolute Gasteiger partial charge is 0.495 e. The first-order valence-electron chi connectivity index (χ1n) is 10.5. The zero-order chi connectivity index (χ0) is 22.8. The average Bonchev–Trinajstić information content (AvgIpc) is 3.14. The van der Waals surface area contributed by atoms with Crippen LogP contribution in [0, 0.1) is 13.8 Å². The molecule has 0 spiro atoms. The minimum atomic E-state index is -0.480. The molecule has 1 amide bonds. The molecule has 0 radical (unpaired) electrons. The summed E-state index contributed by atoms with van der Waals surface area (Å²) in [5, 5.41) is 12.4. The lowest BCUT2D eigenvalue weighted by atomic mass is 10.0. The number of anilines is 1. The van der Waals surface area contributed by atoms with Crippen molar-refractivity contribution in [1.82, 2.24) is 14.9 Å². The van der Waals surface area contributed by atoms with Crippen molar-refractivity contribution in [2.75, 3.05) is 17.9 Å². The summed E-state index contributed by atoms with van der Waals surface area (Å²) in [5.74, 6) is 1.32. The number of methoxy groups -OCH3 is 1. The minimum Gasteiger partial charge on any atom is -0.495 e. The highest BCUT2D eigenvalue weighted by Crippen LogP contribution is 2.39. The Bertz CT molecular complexity index is 1130. The van der Waals surface area contributed by atoms with E-state index >= 15 is 0 Å². The molecular formula is C23H26ClN5O2S. The molecule has 9 heteroatoms. The van der Waals surface area contributed by atoms with Crippen LogP contribution in [0.5, 0.6) is 5.75 Å². The lowest BCUT2D eigenvalue weighted by Crippen LogP contribution is -2.41. The smallest absolute Gasteiger partial charge is 0.240 e. The molecule has 7 nitrogen and oxygen atoms in total. The lowest BCUT2D eigenvalue weighted by Gasteiger charge is -2.33. The third kappa shape index (κ3) is 4.56. The highest BCUT2D eigenvalue weighted by molar-refractivity contribution is 8.00. The number of nitrogens with zero attached hydrogens (tertiary/aromatic N) is 3. The van der Waals surface area contributed by atoms with E-state index in [4.69, 9.17) is 16.3 Å². The number of hydrogen-bond donors (Lipinski definition) is 2. The van der Waals surface area contributed by atoms with E-state index in [1.54, 1.807) is 7.11 Å². The number of aryl methyl sites for hydroxylation is 3. The number of hydrogen-bond acceptors (Lipinski definition) is 6. The number of carbonyl (C=O) groups excluding carboxylic acids is 1. The summed E-state index contributed by atoms with van der Waals surface area (Å²) in [6.45, 7) is 6.12. The Morgan fingerprint density at radius 3 is 2.62 bits per heavy atom. The maximum absolute atomic E-state index is 13.4. The first-order chi connectivity index (χ1) is 15.4. The van der Waals surface area contributed by atoms with Gasteiger partial charge in [-0.2, -0.15) is 0 Å². The van der Waals surface area contributed by atoms with Gasteiger partial charge >= 0.3 is 0 Å². The second kappa shape index (κ2) is 9.42. The molecule has 1 aliphatic heterocycles. The van der Waals surface area contributed by atoms with Crippen molar-refractivity contribution in [2.24, 2.45) is 0 Å². The molecule has 3 aromatic rings. The molecule has 1 aromatic heterocycles. The van der Waals surface area contributed by atoms with E-state index in [-0.39, 0.29) is 11.9 Å². The molecule has 2 atom stereocenters. The van der Waals surface area contributed by atoms with Gasteiger partial charge in [0.1, 0.15) is 11.0 Å². The number of amides is 1. The fraction of sp³-hybridized carbons (Fsp3) is 0.348. The first kappa shape index (κ1) is 22.5. The van der Waals surface area contributed by atoms with Gasteiger partial charge < -0.3 is 15.5 Å². The molecule has 2 aromatic carbocycles. The van der Waals surface area contributed by atoms with Crippen LogP contribution in [-0.2, 0) is 11.2 Å². The van der Waals surface area contributed by atoms with E-state index in [1.807, 2.05) is 48.9 Å². The van der Waals surface area contributed by atoms with Crippen LogP contribution in [-0.4, -0.2) is 33.1 Å². The number of benzene rings is 2. The summed E-state index contributed by atoms with van der Waals surface area (Å²) in [7, 11) is 1.58. The van der Waals surface area contributed by atoms with Crippen molar-refractivity contribution in [3.63, 3.8) is 0 Å². The molecule has 4 rings (SSSR count). The topological polar surface area (TPSA) is 81.1 Å². The van der Waals surface area contributed by atoms with Gasteiger partial charge in [-0.1, -0.05) is 42.4 Å². The predicted molar refractivity (Wildman–Crippen MR) is 128 cm³/mol. The molecule has 2 N–H and O–H groups in total. The highest BCUT2D eigenvalue weighted by atomic mass is 35.5. The summed E-state index contributed by atoms with van der Waals surface area (Å²) in [5.41, 5.74) is 7.31. The SMILES string of the molecule is CCCc1nnc2n1N[C@H](c1ccc(OC)c(Cl)c1)[C@@H](C(=O)Nc1cc(C)cc(C)c1)S2. The Balaban J connectivity index is 1.69. The number of fused-ring (bicyclic) bond motifs is 1. The number of rotatable bonds is 6. The van der Waals surface area contributed by atoms with Gasteiger partial charge in [0.2, 0.25) is 11.1 Å². The van der Waals surface area contributed by atoms with Crippen LogP contribution in [0.1, 0.15) is 41.9 Å². The monoisotopic (exact) mass is 471 g/mol. The van der Waals surface area contributed by atoms with Gasteiger partial charge in [-0.15, -0.1) is 10.2 Å². The van der Waals surface area contributed by atoms with Gasteiger partial charge in [-0.3, -0.25) is 4.79 Å². The van der Waals surface area contributed by atoms with Crippen LogP contribution in [0.3, 0.4) is 0 Å². The van der Waals surface area contributed by atoms with Crippen LogP contribution < -0.4 is 15.5 Å². The number of ether oxygens (including phenoxy) is 1. The van der Waals surface area contributed by atoms with E-state index in [1.165, 1.54) is 11.8 Å². The molecule has 0 saturated carbocycles. The number of thioether (sulfide) groups is 1. The quantitative estimate of drug-likeness (QED) is 0.531. The van der Waals surface area contributed by atoms with Crippen molar-refractivity contribution in [2.45, 2.75) is 50.1 Å². The Kier molecular flexibility index (Phi) is 6.62. The van der Waals surface area contributed by atoms with Crippen molar-refractivity contribution in [3.8, 4) is 5.75 Å². The van der Waals surface area contributed by atoms with E-state index < -0.39 is 5.25 Å². The summed E-state index contributed by atoms with van der Waals surface area (Å²) in [6.07, 6.45) is 1.73. The Morgan fingerprint density at radius 1 is 1.22 bits per heavy atom. The number of nitrogens with one attached hydrogen (secondary N) is 2. The van der Waals surface area contributed by atoms with E-state index in [2.05, 4.69) is 33.9 Å². The molecule has 0 bridgehead atoms. The number of carbonyl (C=O) groups is 1. The molecular weight excluding hydrogens is 446 g/mol. The van der Waals surface area contributed by atoms with Gasteiger partial charge in [-0.05, 0) is 61.2 Å². The van der Waals surface area contributed by atoms with Gasteiger partial charge in [0.25, 0.3) is 0 Å². The van der Waals surface area contributed by atoms with E-state index in [9.17, 15) is 4.79 Å². The van der Waals surface area contributed by atoms with E-state index in [0.29, 0.717) is 15.9 Å². The zero-order valence-electron chi connectivity index (χ0n) is 18.5. The van der Waals surface area contributed by atoms with Gasteiger partial charge in [0.15, 0.2) is 5.82 Å². The predicted octanol–water partition coefficient (Wildman–Crippen LogP) is 4.91. The standard InChI is InChI=1S/C23H26ClN5O2S/c1-5-6-19-26-27-23-29(19)28-20(15-7-8-18(31-4)17(24)12-15)21(32-23)22(30)25-16-10-13(2)9-14(3)11-16/h7-12,20-21,28H,5-6H2,1-4H3,(H,25,30)/t20-,21+/m1/s1. The molecule has 1 aliphatic rings. The third-order valence-corrected chi connectivity index (χ3v) is 6.77. The maximum atomic E-state index is 13.4. The van der Waals surface area contributed by atoms with Crippen LogP contribution in [0.4, 0.5) is 5.69 Å². The molecule has 0 unspecified atom stereocenters. The van der Waals surface area contributed by atoms with Crippen LogP contribution in [0.2, 0.25) is 5.02 Å². The fourth-order valence-corrected chi connectivity index (χ4v) is 5.24. The minimum absolute atomic E-state index is 0.115. The van der Waals surface area contributed by atoms with E-state index in [0.717, 1.165) is 41.0 Å². The molecule has 168 valence electrons. The van der Waals surface area contributed by atoms with Crippen molar-refractivity contribution < 1.29 is 9.53 Å². The average molecular weight is 472 g/mol. The Labute approximate surface area is 196 Å². The summed E-state index contributed by atoms with van der Waals surface area (Å²) >= 11 is 7.81. The molecule has 0 fully saturated rings. The van der Waals surface area contributed by atoms with Crippen molar-refractivity contribution in [1.29, 1.82) is 0 Å². The van der Waals surface area contributed by atoms with Gasteiger partial charge in [0.05, 0.1) is 18.2 Å². The number of halogens is 1. The Hall–Kier alpha value is -2.71. The van der Waals surface area contributed by atoms with Crippen molar-refractivity contribution >= 4 is 35.0 Å². The highest BCUT2D eigenvalue weighted by Gasteiger charge is 2.38. The molecule has 2 heterocycles. The third-order valence-electron chi connectivity index (χ3n) is 5.26. The summed E-state index contributed by atoms with van der Waals surface area (Å²) in [6, 6.07) is 11.2. The van der Waals surface area contributed by atoms with Crippen molar-refractivity contribution in [3.05, 3.63) is 63.9 Å². The molecule has 0 saturated heterocycles. The fourth-order valence-electron chi connectivity index (χ4n) is 3.87. The van der Waals surface area contributed by atoms with Crippen LogP contribution >= 0.6 is 23.4 Å². The summed E-state index contributed by atoms with van der Waals surface area (Å²) < 4.78 is 7.18. The van der Waals surface area contributed by atoms with Gasteiger partial charge in [0, 0.05) is 12.1 Å². The van der Waals surface area contributed by atoms with Gasteiger partial charge in [-0.25, -0.2) is 4.68 Å². The molecule has 32 heavy (non-hydrogen) atoms. The lowest BCUT2D eigenvalue weighted by molar-refractivity contribution is -0.116. The number of aromatic nitrogens is 3. The molecule has 0 aliphatic carbocycles. The second-order valence-corrected chi connectivity index (χ2v) is 9.40. The zero-order valence-corrected chi connectivity index (χ0v) is 20.0.